The van der Waals surface area contributed by atoms with Gasteiger partial charge in [-0.05, 0) is 12.5 Å². The van der Waals surface area contributed by atoms with Crippen molar-refractivity contribution in [3.8, 4) is 0 Å². The van der Waals surface area contributed by atoms with Gasteiger partial charge in [0.15, 0.2) is 0 Å². The van der Waals surface area contributed by atoms with E-state index in [9.17, 15) is 4.79 Å². The van der Waals surface area contributed by atoms with Crippen LogP contribution in [0.4, 0.5) is 0 Å². The van der Waals surface area contributed by atoms with Gasteiger partial charge in [-0.15, -0.1) is 0 Å². The molecule has 0 aromatic heterocycles. The van der Waals surface area contributed by atoms with E-state index < -0.39 is 0 Å². The Morgan fingerprint density at radius 3 is 2.74 bits per heavy atom. The summed E-state index contributed by atoms with van der Waals surface area (Å²) in [6.45, 7) is 5.52. The molecule has 4 nitrogen and oxygen atoms in total. The standard InChI is InChI=1S/C15H22N2O2/c1-11(8-16)15(18)17-9-12(2)19-14(10-17)13-6-4-3-5-7-13/h3-7,11-12,14H,8-10,16H2,1-2H3. The van der Waals surface area contributed by atoms with Gasteiger partial charge in [0.1, 0.15) is 6.10 Å². The van der Waals surface area contributed by atoms with Crippen LogP contribution in [-0.2, 0) is 9.53 Å². The topological polar surface area (TPSA) is 55.6 Å². The van der Waals surface area contributed by atoms with E-state index in [2.05, 4.69) is 0 Å². The molecule has 104 valence electrons. The van der Waals surface area contributed by atoms with Crippen LogP contribution in [0.2, 0.25) is 0 Å². The number of amides is 1. The Bertz CT molecular complexity index is 421. The van der Waals surface area contributed by atoms with Gasteiger partial charge in [-0.2, -0.15) is 0 Å². The third kappa shape index (κ3) is 3.33. The summed E-state index contributed by atoms with van der Waals surface area (Å²) < 4.78 is 5.94. The van der Waals surface area contributed by atoms with Gasteiger partial charge in [-0.1, -0.05) is 37.3 Å². The summed E-state index contributed by atoms with van der Waals surface area (Å²) in [5, 5.41) is 0. The highest BCUT2D eigenvalue weighted by Crippen LogP contribution is 2.25. The largest absolute Gasteiger partial charge is 0.367 e. The number of carbonyl (C=O) groups is 1. The van der Waals surface area contributed by atoms with E-state index in [-0.39, 0.29) is 24.0 Å². The van der Waals surface area contributed by atoms with E-state index in [1.54, 1.807) is 0 Å². The Hall–Kier alpha value is -1.39. The highest BCUT2D eigenvalue weighted by Gasteiger charge is 2.30. The summed E-state index contributed by atoms with van der Waals surface area (Å²) in [5.41, 5.74) is 6.70. The molecule has 1 fully saturated rings. The number of rotatable bonds is 3. The maximum Gasteiger partial charge on any atom is 0.226 e. The average Bonchev–Trinajstić information content (AvgIpc) is 2.46. The zero-order valence-electron chi connectivity index (χ0n) is 11.6. The van der Waals surface area contributed by atoms with E-state index in [0.717, 1.165) is 5.56 Å². The lowest BCUT2D eigenvalue weighted by Crippen LogP contribution is -2.48. The third-order valence-corrected chi connectivity index (χ3v) is 3.52. The summed E-state index contributed by atoms with van der Waals surface area (Å²) in [4.78, 5) is 14.1. The fourth-order valence-corrected chi connectivity index (χ4v) is 2.40. The second-order valence-electron chi connectivity index (χ2n) is 5.23. The molecule has 0 bridgehead atoms. The first-order valence-corrected chi connectivity index (χ1v) is 6.81. The first-order chi connectivity index (χ1) is 9.11. The van der Waals surface area contributed by atoms with E-state index in [4.69, 9.17) is 10.5 Å². The minimum atomic E-state index is -0.123. The van der Waals surface area contributed by atoms with Gasteiger partial charge >= 0.3 is 0 Å². The Kier molecular flexibility index (Phi) is 4.56. The fourth-order valence-electron chi connectivity index (χ4n) is 2.40. The fraction of sp³-hybridized carbons (Fsp3) is 0.533. The normalized spacial score (nSPS) is 25.1. The van der Waals surface area contributed by atoms with Crippen molar-refractivity contribution in [3.63, 3.8) is 0 Å². The Morgan fingerprint density at radius 1 is 1.42 bits per heavy atom. The van der Waals surface area contributed by atoms with E-state index in [1.807, 2.05) is 49.1 Å². The molecule has 1 aliphatic rings. The molecule has 4 heteroatoms. The molecule has 1 aromatic carbocycles. The van der Waals surface area contributed by atoms with Crippen LogP contribution in [0.5, 0.6) is 0 Å². The Labute approximate surface area is 114 Å². The molecular formula is C15H22N2O2. The Balaban J connectivity index is 2.10. The van der Waals surface area contributed by atoms with Gasteiger partial charge in [0.05, 0.1) is 12.6 Å². The number of hydrogen-bond acceptors (Lipinski definition) is 3. The summed E-state index contributed by atoms with van der Waals surface area (Å²) in [6.07, 6.45) is 0.00625. The second kappa shape index (κ2) is 6.17. The lowest BCUT2D eigenvalue weighted by Gasteiger charge is -2.38. The van der Waals surface area contributed by atoms with E-state index in [1.165, 1.54) is 0 Å². The quantitative estimate of drug-likeness (QED) is 0.899. The molecule has 1 saturated heterocycles. The third-order valence-electron chi connectivity index (χ3n) is 3.52. The predicted octanol–water partition coefficient (Wildman–Crippen LogP) is 1.57. The molecule has 1 amide bonds. The zero-order valence-corrected chi connectivity index (χ0v) is 11.6. The maximum absolute atomic E-state index is 12.2. The number of ether oxygens (including phenoxy) is 1. The predicted molar refractivity (Wildman–Crippen MR) is 74.5 cm³/mol. The van der Waals surface area contributed by atoms with Gasteiger partial charge < -0.3 is 15.4 Å². The van der Waals surface area contributed by atoms with Gasteiger partial charge in [-0.3, -0.25) is 4.79 Å². The van der Waals surface area contributed by atoms with Gasteiger partial charge in [0.2, 0.25) is 5.91 Å². The van der Waals surface area contributed by atoms with Crippen LogP contribution in [-0.4, -0.2) is 36.5 Å². The molecule has 0 saturated carbocycles. The van der Waals surface area contributed by atoms with Crippen molar-refractivity contribution in [3.05, 3.63) is 35.9 Å². The number of nitrogens with zero attached hydrogens (tertiary/aromatic N) is 1. The summed E-state index contributed by atoms with van der Waals surface area (Å²) >= 11 is 0. The first-order valence-electron chi connectivity index (χ1n) is 6.81. The number of hydrogen-bond donors (Lipinski definition) is 1. The zero-order chi connectivity index (χ0) is 13.8. The van der Waals surface area contributed by atoms with Crippen molar-refractivity contribution < 1.29 is 9.53 Å². The maximum atomic E-state index is 12.2. The Morgan fingerprint density at radius 2 is 2.11 bits per heavy atom. The molecular weight excluding hydrogens is 240 g/mol. The summed E-state index contributed by atoms with van der Waals surface area (Å²) in [6, 6.07) is 10.0. The van der Waals surface area contributed by atoms with E-state index >= 15 is 0 Å². The molecule has 0 spiro atoms. The number of morpholine rings is 1. The molecule has 19 heavy (non-hydrogen) atoms. The van der Waals surface area contributed by atoms with Crippen molar-refractivity contribution in [2.45, 2.75) is 26.1 Å². The molecule has 0 aliphatic carbocycles. The molecule has 3 unspecified atom stereocenters. The van der Waals surface area contributed by atoms with Crippen molar-refractivity contribution >= 4 is 5.91 Å². The monoisotopic (exact) mass is 262 g/mol. The molecule has 1 aliphatic heterocycles. The van der Waals surface area contributed by atoms with Crippen LogP contribution in [0.25, 0.3) is 0 Å². The van der Waals surface area contributed by atoms with Crippen molar-refractivity contribution in [2.75, 3.05) is 19.6 Å². The lowest BCUT2D eigenvalue weighted by molar-refractivity contribution is -0.148. The number of nitrogens with two attached hydrogens (primary N) is 1. The highest BCUT2D eigenvalue weighted by molar-refractivity contribution is 5.78. The number of carbonyl (C=O) groups excluding carboxylic acids is 1. The average molecular weight is 262 g/mol. The lowest BCUT2D eigenvalue weighted by atomic mass is 10.0. The van der Waals surface area contributed by atoms with Gasteiger partial charge in [0, 0.05) is 19.0 Å². The first kappa shape index (κ1) is 14.0. The van der Waals surface area contributed by atoms with Crippen LogP contribution < -0.4 is 5.73 Å². The van der Waals surface area contributed by atoms with Crippen LogP contribution in [0, 0.1) is 5.92 Å². The molecule has 2 N–H and O–H groups in total. The van der Waals surface area contributed by atoms with Crippen molar-refractivity contribution in [1.29, 1.82) is 0 Å². The van der Waals surface area contributed by atoms with Crippen molar-refractivity contribution in [2.24, 2.45) is 11.7 Å². The molecule has 1 heterocycles. The highest BCUT2D eigenvalue weighted by atomic mass is 16.5. The number of benzene rings is 1. The van der Waals surface area contributed by atoms with E-state index in [0.29, 0.717) is 19.6 Å². The second-order valence-corrected chi connectivity index (χ2v) is 5.23. The smallest absolute Gasteiger partial charge is 0.226 e. The molecule has 1 aromatic rings. The molecule has 2 rings (SSSR count). The molecule has 3 atom stereocenters. The summed E-state index contributed by atoms with van der Waals surface area (Å²) in [5.74, 6) is 0.000282. The van der Waals surface area contributed by atoms with Gasteiger partial charge in [0.25, 0.3) is 0 Å². The minimum Gasteiger partial charge on any atom is -0.367 e. The SMILES string of the molecule is CC1CN(C(=O)C(C)CN)CC(c2ccccc2)O1. The van der Waals surface area contributed by atoms with Crippen LogP contribution in [0.3, 0.4) is 0 Å². The van der Waals surface area contributed by atoms with Crippen LogP contribution in [0.15, 0.2) is 30.3 Å². The van der Waals surface area contributed by atoms with Crippen LogP contribution >= 0.6 is 0 Å². The summed E-state index contributed by atoms with van der Waals surface area (Å²) in [7, 11) is 0. The molecule has 0 radical (unpaired) electrons. The van der Waals surface area contributed by atoms with Gasteiger partial charge in [-0.25, -0.2) is 0 Å². The van der Waals surface area contributed by atoms with Crippen LogP contribution in [0.1, 0.15) is 25.5 Å². The minimum absolute atomic E-state index is 0.0427. The van der Waals surface area contributed by atoms with Crippen molar-refractivity contribution in [1.82, 2.24) is 4.90 Å².